The van der Waals surface area contributed by atoms with Crippen molar-refractivity contribution < 1.29 is 14.3 Å². The van der Waals surface area contributed by atoms with Gasteiger partial charge in [0.2, 0.25) is 11.8 Å². The van der Waals surface area contributed by atoms with Gasteiger partial charge >= 0.3 is 0 Å². The van der Waals surface area contributed by atoms with Gasteiger partial charge in [-0.3, -0.25) is 9.78 Å². The average molecular weight is 419 g/mol. The molecule has 1 aromatic carbocycles. The van der Waals surface area contributed by atoms with E-state index in [1.165, 1.54) is 0 Å². The van der Waals surface area contributed by atoms with Gasteiger partial charge in [0.05, 0.1) is 25.3 Å². The van der Waals surface area contributed by atoms with E-state index >= 15 is 0 Å². The minimum Gasteiger partial charge on any atom is -0.494 e. The SMILES string of the molecule is COc1ccc(NC(=O)CCc2c(C)nc3c(c(OC)nn3C)c2C)c2cccnc12. The summed E-state index contributed by atoms with van der Waals surface area (Å²) in [5.74, 6) is 1.14. The maximum absolute atomic E-state index is 12.8. The van der Waals surface area contributed by atoms with Gasteiger partial charge in [-0.25, -0.2) is 9.67 Å². The van der Waals surface area contributed by atoms with E-state index < -0.39 is 0 Å². The molecule has 0 radical (unpaired) electrons. The average Bonchev–Trinajstić information content (AvgIpc) is 3.09. The number of amides is 1. The van der Waals surface area contributed by atoms with Gasteiger partial charge in [-0.05, 0) is 55.7 Å². The number of pyridine rings is 2. The third kappa shape index (κ3) is 3.65. The van der Waals surface area contributed by atoms with E-state index in [0.717, 1.165) is 33.2 Å². The number of benzene rings is 1. The first-order valence-corrected chi connectivity index (χ1v) is 10.0. The van der Waals surface area contributed by atoms with Gasteiger partial charge in [0.1, 0.15) is 11.3 Å². The monoisotopic (exact) mass is 419 g/mol. The van der Waals surface area contributed by atoms with Crippen LogP contribution < -0.4 is 14.8 Å². The van der Waals surface area contributed by atoms with Crippen molar-refractivity contribution in [3.8, 4) is 11.6 Å². The summed E-state index contributed by atoms with van der Waals surface area (Å²) in [7, 11) is 5.05. The lowest BCUT2D eigenvalue weighted by Gasteiger charge is -2.13. The molecule has 0 bridgehead atoms. The number of nitrogens with one attached hydrogen (secondary N) is 1. The van der Waals surface area contributed by atoms with E-state index in [1.807, 2.05) is 45.2 Å². The molecule has 4 aromatic rings. The second-order valence-electron chi connectivity index (χ2n) is 7.40. The van der Waals surface area contributed by atoms with Crippen LogP contribution in [0.4, 0.5) is 5.69 Å². The maximum Gasteiger partial charge on any atom is 0.242 e. The molecule has 0 saturated carbocycles. The zero-order valence-corrected chi connectivity index (χ0v) is 18.3. The normalized spacial score (nSPS) is 11.1. The van der Waals surface area contributed by atoms with E-state index in [1.54, 1.807) is 25.1 Å². The molecule has 0 aliphatic rings. The van der Waals surface area contributed by atoms with Gasteiger partial charge in [0.25, 0.3) is 0 Å². The fraction of sp³-hybridized carbons (Fsp3) is 0.304. The molecule has 4 rings (SSSR count). The number of carbonyl (C=O) groups excluding carboxylic acids is 1. The van der Waals surface area contributed by atoms with Crippen LogP contribution in [-0.2, 0) is 18.3 Å². The number of rotatable bonds is 6. The fourth-order valence-corrected chi connectivity index (χ4v) is 3.98. The molecular formula is C23H25N5O3. The highest BCUT2D eigenvalue weighted by atomic mass is 16.5. The number of anilines is 1. The molecule has 1 amide bonds. The standard InChI is InChI=1S/C23H25N5O3/c1-13-15(14(2)25-22-20(13)23(31-5)27-28(22)3)8-11-19(29)26-17-9-10-18(30-4)21-16(17)7-6-12-24-21/h6-7,9-10,12H,8,11H2,1-5H3,(H,26,29). The molecule has 0 aliphatic heterocycles. The molecule has 8 heteroatoms. The highest BCUT2D eigenvalue weighted by Gasteiger charge is 2.19. The number of hydrogen-bond donors (Lipinski definition) is 1. The van der Waals surface area contributed by atoms with Gasteiger partial charge in [-0.1, -0.05) is 0 Å². The Morgan fingerprint density at radius 2 is 1.97 bits per heavy atom. The van der Waals surface area contributed by atoms with Crippen molar-refractivity contribution in [1.29, 1.82) is 0 Å². The summed E-state index contributed by atoms with van der Waals surface area (Å²) in [6.07, 6.45) is 2.60. The summed E-state index contributed by atoms with van der Waals surface area (Å²) in [5.41, 5.74) is 5.17. The van der Waals surface area contributed by atoms with Crippen LogP contribution >= 0.6 is 0 Å². The zero-order chi connectivity index (χ0) is 22.1. The first kappa shape index (κ1) is 20.6. The molecule has 31 heavy (non-hydrogen) atoms. The molecule has 1 N–H and O–H groups in total. The zero-order valence-electron chi connectivity index (χ0n) is 18.3. The highest BCUT2D eigenvalue weighted by molar-refractivity contribution is 6.02. The molecule has 0 spiro atoms. The molecule has 160 valence electrons. The summed E-state index contributed by atoms with van der Waals surface area (Å²) in [5, 5.41) is 9.12. The van der Waals surface area contributed by atoms with Gasteiger partial charge < -0.3 is 14.8 Å². The van der Waals surface area contributed by atoms with Crippen molar-refractivity contribution in [2.45, 2.75) is 26.7 Å². The fourth-order valence-electron chi connectivity index (χ4n) is 3.98. The van der Waals surface area contributed by atoms with Crippen LogP contribution in [0.1, 0.15) is 23.2 Å². The second-order valence-corrected chi connectivity index (χ2v) is 7.40. The second kappa shape index (κ2) is 8.22. The van der Waals surface area contributed by atoms with Gasteiger partial charge in [-0.15, -0.1) is 5.10 Å². The summed E-state index contributed by atoms with van der Waals surface area (Å²) in [6, 6.07) is 7.41. The Morgan fingerprint density at radius 1 is 1.16 bits per heavy atom. The van der Waals surface area contributed by atoms with Crippen LogP contribution in [0, 0.1) is 13.8 Å². The largest absolute Gasteiger partial charge is 0.494 e. The van der Waals surface area contributed by atoms with Gasteiger partial charge in [0, 0.05) is 30.7 Å². The van der Waals surface area contributed by atoms with E-state index in [2.05, 4.69) is 15.4 Å². The van der Waals surface area contributed by atoms with Crippen molar-refractivity contribution in [1.82, 2.24) is 19.7 Å². The number of aromatic nitrogens is 4. The third-order valence-corrected chi connectivity index (χ3v) is 5.54. The topological polar surface area (TPSA) is 91.2 Å². The number of fused-ring (bicyclic) bond motifs is 2. The minimum atomic E-state index is -0.0765. The lowest BCUT2D eigenvalue weighted by molar-refractivity contribution is -0.116. The predicted molar refractivity (Wildman–Crippen MR) is 120 cm³/mol. The summed E-state index contributed by atoms with van der Waals surface area (Å²) >= 11 is 0. The lowest BCUT2D eigenvalue weighted by Crippen LogP contribution is -2.14. The Bertz CT molecular complexity index is 1300. The van der Waals surface area contributed by atoms with Crippen LogP contribution in [0.3, 0.4) is 0 Å². The van der Waals surface area contributed by atoms with Crippen molar-refractivity contribution in [3.63, 3.8) is 0 Å². The van der Waals surface area contributed by atoms with Crippen molar-refractivity contribution >= 4 is 33.5 Å². The van der Waals surface area contributed by atoms with Crippen LogP contribution in [-0.4, -0.2) is 39.9 Å². The summed E-state index contributed by atoms with van der Waals surface area (Å²) in [4.78, 5) is 21.8. The lowest BCUT2D eigenvalue weighted by atomic mass is 10.00. The van der Waals surface area contributed by atoms with Crippen molar-refractivity contribution in [3.05, 3.63) is 47.3 Å². The first-order valence-electron chi connectivity index (χ1n) is 10.0. The van der Waals surface area contributed by atoms with E-state index in [9.17, 15) is 4.79 Å². The van der Waals surface area contributed by atoms with Crippen molar-refractivity contribution in [2.75, 3.05) is 19.5 Å². The van der Waals surface area contributed by atoms with Crippen LogP contribution in [0.25, 0.3) is 21.9 Å². The molecule has 0 atom stereocenters. The summed E-state index contributed by atoms with van der Waals surface area (Å²) in [6.45, 7) is 3.99. The molecular weight excluding hydrogens is 394 g/mol. The van der Waals surface area contributed by atoms with E-state index in [0.29, 0.717) is 35.7 Å². The molecule has 3 heterocycles. The number of ether oxygens (including phenoxy) is 2. The van der Waals surface area contributed by atoms with E-state index in [4.69, 9.17) is 14.5 Å². The molecule has 0 saturated heterocycles. The molecule has 8 nitrogen and oxygen atoms in total. The van der Waals surface area contributed by atoms with Crippen molar-refractivity contribution in [2.24, 2.45) is 7.05 Å². The Morgan fingerprint density at radius 3 is 2.71 bits per heavy atom. The van der Waals surface area contributed by atoms with Crippen LogP contribution in [0.5, 0.6) is 11.6 Å². The number of hydrogen-bond acceptors (Lipinski definition) is 6. The quantitative estimate of drug-likeness (QED) is 0.512. The molecule has 0 unspecified atom stereocenters. The van der Waals surface area contributed by atoms with Crippen LogP contribution in [0.15, 0.2) is 30.5 Å². The van der Waals surface area contributed by atoms with Gasteiger partial charge in [0.15, 0.2) is 5.65 Å². The smallest absolute Gasteiger partial charge is 0.242 e. The third-order valence-electron chi connectivity index (χ3n) is 5.54. The number of carbonyl (C=O) groups is 1. The molecule has 0 fully saturated rings. The van der Waals surface area contributed by atoms with Gasteiger partial charge in [-0.2, -0.15) is 0 Å². The number of aryl methyl sites for hydroxylation is 3. The first-order chi connectivity index (χ1) is 14.9. The number of methoxy groups -OCH3 is 2. The number of nitrogens with zero attached hydrogens (tertiary/aromatic N) is 4. The Hall–Kier alpha value is -3.68. The Kier molecular flexibility index (Phi) is 5.46. The highest BCUT2D eigenvalue weighted by Crippen LogP contribution is 2.31. The Labute approximate surface area is 180 Å². The summed E-state index contributed by atoms with van der Waals surface area (Å²) < 4.78 is 12.5. The molecule has 0 aliphatic carbocycles. The maximum atomic E-state index is 12.8. The Balaban J connectivity index is 1.57. The van der Waals surface area contributed by atoms with E-state index in [-0.39, 0.29) is 5.91 Å². The molecule has 3 aromatic heterocycles. The predicted octanol–water partition coefficient (Wildman–Crippen LogP) is 3.72. The van der Waals surface area contributed by atoms with Crippen LogP contribution in [0.2, 0.25) is 0 Å². The minimum absolute atomic E-state index is 0.0765.